The van der Waals surface area contributed by atoms with E-state index in [4.69, 9.17) is 28.2 Å². The Hall–Kier alpha value is -2.41. The second-order valence-corrected chi connectivity index (χ2v) is 8.87. The second-order valence-electron chi connectivity index (χ2n) is 8.02. The van der Waals surface area contributed by atoms with Gasteiger partial charge in [0.05, 0.1) is 18.3 Å². The van der Waals surface area contributed by atoms with Crippen LogP contribution in [0.3, 0.4) is 0 Å². The summed E-state index contributed by atoms with van der Waals surface area (Å²) in [5.74, 6) is 0.537. The average Bonchev–Trinajstić information content (AvgIpc) is 2.70. The van der Waals surface area contributed by atoms with Crippen molar-refractivity contribution in [3.05, 3.63) is 74.8 Å². The summed E-state index contributed by atoms with van der Waals surface area (Å²) in [4.78, 5) is 23.7. The zero-order chi connectivity index (χ0) is 21.5. The molecular weight excluding hydrogens is 423 g/mol. The Morgan fingerprint density at radius 2 is 1.90 bits per heavy atom. The molecule has 0 aliphatic carbocycles. The van der Waals surface area contributed by atoms with Gasteiger partial charge in [0.1, 0.15) is 0 Å². The number of pyridine rings is 1. The van der Waals surface area contributed by atoms with Gasteiger partial charge in [0.15, 0.2) is 0 Å². The average molecular weight is 445 g/mol. The van der Waals surface area contributed by atoms with Crippen LogP contribution in [0.5, 0.6) is 0 Å². The van der Waals surface area contributed by atoms with Crippen LogP contribution < -0.4 is 10.5 Å². The predicted molar refractivity (Wildman–Crippen MR) is 119 cm³/mol. The van der Waals surface area contributed by atoms with Crippen LogP contribution in [0.15, 0.2) is 53.6 Å². The minimum atomic E-state index is -0.873. The second kappa shape index (κ2) is 8.02. The fourth-order valence-corrected chi connectivity index (χ4v) is 4.28. The van der Waals surface area contributed by atoms with Gasteiger partial charge >= 0.3 is 0 Å². The Bertz CT molecular complexity index is 1130. The number of aliphatic hydroxyl groups excluding tert-OH is 1. The Balaban J connectivity index is 1.76. The molecule has 1 atom stereocenters. The zero-order valence-corrected chi connectivity index (χ0v) is 18.2. The maximum Gasteiger partial charge on any atom is 0.255 e. The van der Waals surface area contributed by atoms with E-state index in [1.54, 1.807) is 41.2 Å². The highest BCUT2D eigenvalue weighted by Crippen LogP contribution is 2.35. The molecule has 3 aromatic rings. The first-order valence-electron chi connectivity index (χ1n) is 9.69. The molecule has 0 radical (unpaired) electrons. The minimum Gasteiger partial charge on any atom is -0.387 e. The molecule has 8 heteroatoms. The van der Waals surface area contributed by atoms with Crippen molar-refractivity contribution < 1.29 is 5.11 Å². The molecule has 0 spiro atoms. The predicted octanol–water partition coefficient (Wildman–Crippen LogP) is 4.33. The van der Waals surface area contributed by atoms with Crippen LogP contribution >= 0.6 is 23.2 Å². The summed E-state index contributed by atoms with van der Waals surface area (Å²) in [6.45, 7) is 4.97. The molecule has 1 N–H and O–H groups in total. The number of anilines is 1. The monoisotopic (exact) mass is 444 g/mol. The quantitative estimate of drug-likeness (QED) is 0.647. The van der Waals surface area contributed by atoms with Crippen molar-refractivity contribution in [1.82, 2.24) is 14.5 Å². The summed E-state index contributed by atoms with van der Waals surface area (Å²) >= 11 is 12.3. The first-order valence-corrected chi connectivity index (χ1v) is 10.4. The molecule has 0 saturated heterocycles. The van der Waals surface area contributed by atoms with E-state index < -0.39 is 6.10 Å². The van der Waals surface area contributed by atoms with Crippen LogP contribution in [-0.2, 0) is 6.54 Å². The van der Waals surface area contributed by atoms with E-state index in [0.29, 0.717) is 33.8 Å². The number of nitrogens with zero attached hydrogens (tertiary/aromatic N) is 4. The molecule has 156 valence electrons. The van der Waals surface area contributed by atoms with Crippen LogP contribution in [-0.4, -0.2) is 31.7 Å². The topological polar surface area (TPSA) is 71.2 Å². The maximum absolute atomic E-state index is 12.8. The van der Waals surface area contributed by atoms with E-state index >= 15 is 0 Å². The highest BCUT2D eigenvalue weighted by Gasteiger charge is 2.36. The van der Waals surface area contributed by atoms with Gasteiger partial charge in [-0.2, -0.15) is 0 Å². The van der Waals surface area contributed by atoms with Crippen LogP contribution in [0, 0.1) is 0 Å². The van der Waals surface area contributed by atoms with Gasteiger partial charge in [0.2, 0.25) is 5.95 Å². The van der Waals surface area contributed by atoms with Gasteiger partial charge in [-0.1, -0.05) is 29.3 Å². The lowest BCUT2D eigenvalue weighted by Crippen LogP contribution is -2.53. The molecule has 4 rings (SSSR count). The van der Waals surface area contributed by atoms with Crippen molar-refractivity contribution in [2.24, 2.45) is 0 Å². The molecule has 2 aromatic heterocycles. The van der Waals surface area contributed by atoms with Gasteiger partial charge in [-0.3, -0.25) is 14.3 Å². The van der Waals surface area contributed by atoms with Crippen LogP contribution in [0.2, 0.25) is 10.0 Å². The summed E-state index contributed by atoms with van der Waals surface area (Å²) in [5, 5.41) is 11.9. The van der Waals surface area contributed by atoms with Gasteiger partial charge in [0, 0.05) is 51.7 Å². The third-order valence-corrected chi connectivity index (χ3v) is 6.12. The van der Waals surface area contributed by atoms with Crippen molar-refractivity contribution in [3.8, 4) is 11.3 Å². The van der Waals surface area contributed by atoms with E-state index in [0.717, 1.165) is 12.0 Å². The number of hydrogen-bond acceptors (Lipinski definition) is 5. The third kappa shape index (κ3) is 3.95. The van der Waals surface area contributed by atoms with Gasteiger partial charge in [-0.05, 0) is 44.5 Å². The lowest BCUT2D eigenvalue weighted by atomic mass is 9.95. The van der Waals surface area contributed by atoms with Crippen LogP contribution in [0.25, 0.3) is 11.3 Å². The molecule has 1 aromatic carbocycles. The maximum atomic E-state index is 12.8. The van der Waals surface area contributed by atoms with Crippen LogP contribution in [0.4, 0.5) is 5.95 Å². The fraction of sp³-hybridized carbons (Fsp3) is 0.318. The van der Waals surface area contributed by atoms with E-state index in [9.17, 15) is 9.90 Å². The van der Waals surface area contributed by atoms with Crippen molar-refractivity contribution in [2.45, 2.75) is 38.5 Å². The van der Waals surface area contributed by atoms with Gasteiger partial charge in [0.25, 0.3) is 5.56 Å². The number of β-amino-alcohol motifs (C(OH)–C–C–N with tert-alkyl or cyclic N) is 1. The van der Waals surface area contributed by atoms with E-state index in [1.165, 1.54) is 0 Å². The normalized spacial score (nSPS) is 16.2. The number of halogens is 2. The van der Waals surface area contributed by atoms with E-state index in [-0.39, 0.29) is 17.6 Å². The third-order valence-electron chi connectivity index (χ3n) is 5.56. The fourth-order valence-electron chi connectivity index (χ4n) is 3.74. The van der Waals surface area contributed by atoms with E-state index in [2.05, 4.69) is 18.8 Å². The minimum absolute atomic E-state index is 0.119. The molecule has 0 bridgehead atoms. The Labute approximate surface area is 184 Å². The summed E-state index contributed by atoms with van der Waals surface area (Å²) in [5.41, 5.74) is 1.55. The molecule has 3 heterocycles. The summed E-state index contributed by atoms with van der Waals surface area (Å²) < 4.78 is 1.66. The molecule has 1 aliphatic rings. The summed E-state index contributed by atoms with van der Waals surface area (Å²) in [6.07, 6.45) is 3.21. The smallest absolute Gasteiger partial charge is 0.255 e. The van der Waals surface area contributed by atoms with Gasteiger partial charge in [-0.25, -0.2) is 4.98 Å². The highest BCUT2D eigenvalue weighted by atomic mass is 35.5. The molecule has 0 saturated carbocycles. The highest BCUT2D eigenvalue weighted by molar-refractivity contribution is 6.35. The molecule has 0 unspecified atom stereocenters. The van der Waals surface area contributed by atoms with E-state index in [1.807, 2.05) is 17.0 Å². The van der Waals surface area contributed by atoms with Crippen molar-refractivity contribution in [3.63, 3.8) is 0 Å². The van der Waals surface area contributed by atoms with Crippen molar-refractivity contribution >= 4 is 29.2 Å². The largest absolute Gasteiger partial charge is 0.387 e. The standard InChI is InChI=1S/C22H22Cl2N4O2/c1-22(2)7-10-27-20(30)12-18(14-5-8-25-9-6-14)26-21(27)28(22)13-19(29)16-4-3-15(23)11-17(16)24/h3-6,8-9,11-12,19,29H,7,10,13H2,1-2H3/t19-/m0/s1. The molecule has 0 amide bonds. The summed E-state index contributed by atoms with van der Waals surface area (Å²) in [7, 11) is 0. The van der Waals surface area contributed by atoms with Gasteiger partial charge < -0.3 is 10.0 Å². The summed E-state index contributed by atoms with van der Waals surface area (Å²) in [6, 6.07) is 10.2. The molecule has 6 nitrogen and oxygen atoms in total. The number of rotatable bonds is 4. The first-order chi connectivity index (χ1) is 14.3. The molecule has 1 aliphatic heterocycles. The molecular formula is C22H22Cl2N4O2. The molecule has 30 heavy (non-hydrogen) atoms. The lowest BCUT2D eigenvalue weighted by Gasteiger charge is -2.45. The Morgan fingerprint density at radius 3 is 2.60 bits per heavy atom. The van der Waals surface area contributed by atoms with Crippen LogP contribution in [0.1, 0.15) is 31.9 Å². The van der Waals surface area contributed by atoms with Crippen molar-refractivity contribution in [2.75, 3.05) is 11.4 Å². The SMILES string of the molecule is CC1(C)CCn2c(nc(-c3ccncc3)cc2=O)N1C[C@H](O)c1ccc(Cl)cc1Cl. The number of aromatic nitrogens is 3. The Kier molecular flexibility index (Phi) is 5.57. The number of benzene rings is 1. The first kappa shape index (κ1) is 20.8. The lowest BCUT2D eigenvalue weighted by molar-refractivity contribution is 0.169. The van der Waals surface area contributed by atoms with Gasteiger partial charge in [-0.15, -0.1) is 0 Å². The zero-order valence-electron chi connectivity index (χ0n) is 16.7. The molecule has 0 fully saturated rings. The number of fused-ring (bicyclic) bond motifs is 1. The Morgan fingerprint density at radius 1 is 1.17 bits per heavy atom. The number of hydrogen-bond donors (Lipinski definition) is 1. The number of aliphatic hydroxyl groups is 1. The van der Waals surface area contributed by atoms with Crippen molar-refractivity contribution in [1.29, 1.82) is 0 Å².